The van der Waals surface area contributed by atoms with Gasteiger partial charge in [-0.05, 0) is 39.8 Å². The Kier molecular flexibility index (Phi) is 6.12. The maximum atomic E-state index is 12.2. The molecule has 1 aliphatic rings. The van der Waals surface area contributed by atoms with E-state index >= 15 is 0 Å². The first-order chi connectivity index (χ1) is 8.78. The van der Waals surface area contributed by atoms with Crippen molar-refractivity contribution in [2.45, 2.75) is 75.5 Å². The third-order valence-corrected chi connectivity index (χ3v) is 4.53. The Morgan fingerprint density at radius 3 is 2.05 bits per heavy atom. The second kappa shape index (κ2) is 6.93. The maximum absolute atomic E-state index is 12.2. The van der Waals surface area contributed by atoms with Crippen molar-refractivity contribution in [3.63, 3.8) is 0 Å². The van der Waals surface area contributed by atoms with E-state index in [0.717, 1.165) is 25.7 Å². The zero-order valence-electron chi connectivity index (χ0n) is 12.1. The molecule has 1 fully saturated rings. The third-order valence-electron chi connectivity index (χ3n) is 4.53. The summed E-state index contributed by atoms with van der Waals surface area (Å²) < 4.78 is 36.6. The SMILES string of the molecule is CN(C)C1(C(N)CCCC(F)(F)F)CCCCCC1. The van der Waals surface area contributed by atoms with Crippen molar-refractivity contribution in [1.82, 2.24) is 4.90 Å². The van der Waals surface area contributed by atoms with Crippen molar-refractivity contribution in [3.8, 4) is 0 Å². The average Bonchev–Trinajstić information content (AvgIpc) is 2.53. The molecule has 0 saturated heterocycles. The van der Waals surface area contributed by atoms with Crippen LogP contribution in [0, 0.1) is 0 Å². The summed E-state index contributed by atoms with van der Waals surface area (Å²) in [7, 11) is 4.02. The van der Waals surface area contributed by atoms with Gasteiger partial charge in [0.05, 0.1) is 0 Å². The summed E-state index contributed by atoms with van der Waals surface area (Å²) in [5.41, 5.74) is 6.17. The minimum atomic E-state index is -4.06. The fraction of sp³-hybridized carbons (Fsp3) is 1.00. The molecule has 1 aliphatic carbocycles. The Morgan fingerprint density at radius 1 is 1.11 bits per heavy atom. The van der Waals surface area contributed by atoms with E-state index in [2.05, 4.69) is 4.90 Å². The summed E-state index contributed by atoms with van der Waals surface area (Å²) in [6.07, 6.45) is 2.52. The lowest BCUT2D eigenvalue weighted by Crippen LogP contribution is -2.57. The Hall–Kier alpha value is -0.290. The minimum absolute atomic E-state index is 0.109. The smallest absolute Gasteiger partial charge is 0.326 e. The lowest BCUT2D eigenvalue weighted by Gasteiger charge is -2.44. The highest BCUT2D eigenvalue weighted by atomic mass is 19.4. The van der Waals surface area contributed by atoms with Gasteiger partial charge in [-0.1, -0.05) is 25.7 Å². The predicted molar refractivity (Wildman–Crippen MR) is 72.0 cm³/mol. The number of likely N-dealkylation sites (N-methyl/N-ethyl adjacent to an activating group) is 1. The van der Waals surface area contributed by atoms with Gasteiger partial charge in [0.1, 0.15) is 0 Å². The molecule has 1 atom stereocenters. The van der Waals surface area contributed by atoms with Gasteiger partial charge in [0.2, 0.25) is 0 Å². The Labute approximate surface area is 114 Å². The molecular formula is C14H27F3N2. The molecule has 114 valence electrons. The van der Waals surface area contributed by atoms with Crippen LogP contribution in [0.5, 0.6) is 0 Å². The van der Waals surface area contributed by atoms with Crippen LogP contribution in [0.3, 0.4) is 0 Å². The summed E-state index contributed by atoms with van der Waals surface area (Å²) in [5, 5.41) is 0. The van der Waals surface area contributed by atoms with Crippen molar-refractivity contribution in [2.24, 2.45) is 5.73 Å². The van der Waals surface area contributed by atoms with Crippen LogP contribution in [0.25, 0.3) is 0 Å². The van der Waals surface area contributed by atoms with Crippen LogP contribution >= 0.6 is 0 Å². The lowest BCUT2D eigenvalue weighted by molar-refractivity contribution is -0.136. The predicted octanol–water partition coefficient (Wildman–Crippen LogP) is 3.70. The number of hydrogen-bond donors (Lipinski definition) is 1. The van der Waals surface area contributed by atoms with Crippen LogP contribution in [-0.4, -0.2) is 36.8 Å². The van der Waals surface area contributed by atoms with Crippen molar-refractivity contribution < 1.29 is 13.2 Å². The lowest BCUT2D eigenvalue weighted by atomic mass is 9.79. The summed E-state index contributed by atoms with van der Waals surface area (Å²) in [4.78, 5) is 2.15. The van der Waals surface area contributed by atoms with Gasteiger partial charge in [-0.25, -0.2) is 0 Å². The van der Waals surface area contributed by atoms with Crippen molar-refractivity contribution >= 4 is 0 Å². The van der Waals surface area contributed by atoms with Crippen LogP contribution in [0.4, 0.5) is 13.2 Å². The quantitative estimate of drug-likeness (QED) is 0.778. The van der Waals surface area contributed by atoms with E-state index in [4.69, 9.17) is 5.73 Å². The van der Waals surface area contributed by atoms with E-state index in [1.165, 1.54) is 12.8 Å². The maximum Gasteiger partial charge on any atom is 0.389 e. The fourth-order valence-corrected chi connectivity index (χ4v) is 3.28. The number of hydrogen-bond acceptors (Lipinski definition) is 2. The van der Waals surface area contributed by atoms with E-state index in [0.29, 0.717) is 6.42 Å². The summed E-state index contributed by atoms with van der Waals surface area (Å²) in [6, 6.07) is -0.164. The van der Waals surface area contributed by atoms with Crippen LogP contribution in [-0.2, 0) is 0 Å². The van der Waals surface area contributed by atoms with E-state index in [1.807, 2.05) is 14.1 Å². The Bertz CT molecular complexity index is 256. The molecule has 19 heavy (non-hydrogen) atoms. The zero-order valence-corrected chi connectivity index (χ0v) is 12.1. The molecule has 0 amide bonds. The number of rotatable bonds is 5. The average molecular weight is 280 g/mol. The highest BCUT2D eigenvalue weighted by Crippen LogP contribution is 2.35. The third kappa shape index (κ3) is 4.95. The molecule has 0 aromatic rings. The normalized spacial score (nSPS) is 22.3. The first kappa shape index (κ1) is 16.8. The molecule has 2 N–H and O–H groups in total. The Morgan fingerprint density at radius 2 is 1.63 bits per heavy atom. The zero-order chi connectivity index (χ0) is 14.5. The number of nitrogens with two attached hydrogens (primary N) is 1. The van der Waals surface area contributed by atoms with E-state index in [9.17, 15) is 13.2 Å². The van der Waals surface area contributed by atoms with E-state index in [-0.39, 0.29) is 18.0 Å². The molecule has 0 aromatic heterocycles. The van der Waals surface area contributed by atoms with Gasteiger partial charge in [0, 0.05) is 18.0 Å². The topological polar surface area (TPSA) is 29.3 Å². The molecule has 0 radical (unpaired) electrons. The number of nitrogens with zero attached hydrogens (tertiary/aromatic N) is 1. The summed E-state index contributed by atoms with van der Waals surface area (Å²) in [6.45, 7) is 0. The van der Waals surface area contributed by atoms with Gasteiger partial charge in [-0.2, -0.15) is 13.2 Å². The summed E-state index contributed by atoms with van der Waals surface area (Å²) >= 11 is 0. The molecule has 0 bridgehead atoms. The molecule has 1 unspecified atom stereocenters. The number of halogens is 3. The second-order valence-corrected chi connectivity index (χ2v) is 6.03. The first-order valence-corrected chi connectivity index (χ1v) is 7.28. The molecule has 0 aromatic carbocycles. The summed E-state index contributed by atoms with van der Waals surface area (Å²) in [5.74, 6) is 0. The number of alkyl halides is 3. The van der Waals surface area contributed by atoms with Crippen LogP contribution in [0.2, 0.25) is 0 Å². The first-order valence-electron chi connectivity index (χ1n) is 7.28. The van der Waals surface area contributed by atoms with Crippen molar-refractivity contribution in [2.75, 3.05) is 14.1 Å². The molecular weight excluding hydrogens is 253 g/mol. The minimum Gasteiger partial charge on any atom is -0.326 e. The van der Waals surface area contributed by atoms with Crippen molar-refractivity contribution in [3.05, 3.63) is 0 Å². The molecule has 1 saturated carbocycles. The highest BCUT2D eigenvalue weighted by Gasteiger charge is 2.39. The van der Waals surface area contributed by atoms with Gasteiger partial charge >= 0.3 is 6.18 Å². The van der Waals surface area contributed by atoms with Gasteiger partial charge in [-0.15, -0.1) is 0 Å². The van der Waals surface area contributed by atoms with Crippen LogP contribution in [0.15, 0.2) is 0 Å². The highest BCUT2D eigenvalue weighted by molar-refractivity contribution is 4.98. The van der Waals surface area contributed by atoms with Gasteiger partial charge in [-0.3, -0.25) is 0 Å². The largest absolute Gasteiger partial charge is 0.389 e. The fourth-order valence-electron chi connectivity index (χ4n) is 3.28. The molecule has 2 nitrogen and oxygen atoms in total. The van der Waals surface area contributed by atoms with Gasteiger partial charge in [0.25, 0.3) is 0 Å². The molecule has 0 spiro atoms. The van der Waals surface area contributed by atoms with E-state index < -0.39 is 12.6 Å². The monoisotopic (exact) mass is 280 g/mol. The Balaban J connectivity index is 2.59. The van der Waals surface area contributed by atoms with Crippen LogP contribution in [0.1, 0.15) is 57.8 Å². The van der Waals surface area contributed by atoms with Gasteiger partial charge in [0.15, 0.2) is 0 Å². The van der Waals surface area contributed by atoms with Crippen LogP contribution < -0.4 is 5.73 Å². The standard InChI is InChI=1S/C14H27F3N2/c1-19(2)13(9-5-3-4-6-10-13)12(18)8-7-11-14(15,16)17/h12H,3-11,18H2,1-2H3. The molecule has 0 heterocycles. The molecule has 1 rings (SSSR count). The van der Waals surface area contributed by atoms with E-state index in [1.54, 1.807) is 0 Å². The molecule has 0 aliphatic heterocycles. The second-order valence-electron chi connectivity index (χ2n) is 6.03. The van der Waals surface area contributed by atoms with Gasteiger partial charge < -0.3 is 10.6 Å². The molecule has 5 heteroatoms. The van der Waals surface area contributed by atoms with Crippen molar-refractivity contribution in [1.29, 1.82) is 0 Å².